The highest BCUT2D eigenvalue weighted by Gasteiger charge is 2.52. The smallest absolute Gasteiger partial charge is 0.0725 e. The van der Waals surface area contributed by atoms with Crippen LogP contribution in [0.1, 0.15) is 94.5 Å². The van der Waals surface area contributed by atoms with Crippen molar-refractivity contribution >= 4 is 89.5 Å². The molecular formula is C103H70N2. The Bertz CT molecular complexity index is 6490. The predicted molar refractivity (Wildman–Crippen MR) is 443 cm³/mol. The van der Waals surface area contributed by atoms with Crippen LogP contribution in [0.5, 0.6) is 0 Å². The summed E-state index contributed by atoms with van der Waals surface area (Å²) >= 11 is 0. The highest BCUT2D eigenvalue weighted by Crippen LogP contribution is 2.63. The lowest BCUT2D eigenvalue weighted by molar-refractivity contribution is 0.660. The highest BCUT2D eigenvalue weighted by molar-refractivity contribution is 6.12. The Hall–Kier alpha value is -12.9. The molecule has 2 nitrogen and oxygen atoms in total. The Morgan fingerprint density at radius 1 is 0.210 bits per heavy atom. The van der Waals surface area contributed by atoms with Crippen molar-refractivity contribution < 1.29 is 0 Å². The Balaban J connectivity index is 0.560. The van der Waals surface area contributed by atoms with Gasteiger partial charge in [-0.1, -0.05) is 295 Å². The molecule has 492 valence electrons. The quantitative estimate of drug-likeness (QED) is 0.134. The van der Waals surface area contributed by atoms with Crippen molar-refractivity contribution in [2.24, 2.45) is 0 Å². The summed E-state index contributed by atoms with van der Waals surface area (Å²) in [7, 11) is 0. The van der Waals surface area contributed by atoms with Crippen molar-refractivity contribution in [2.75, 3.05) is 0 Å². The van der Waals surface area contributed by atoms with E-state index < -0.39 is 5.41 Å². The third kappa shape index (κ3) is 8.66. The lowest BCUT2D eigenvalue weighted by Crippen LogP contribution is -2.26. The first-order chi connectivity index (χ1) is 51.5. The summed E-state index contributed by atoms with van der Waals surface area (Å²) in [4.78, 5) is 0. The molecule has 0 fully saturated rings. The van der Waals surface area contributed by atoms with Crippen LogP contribution >= 0.6 is 0 Å². The molecule has 4 aliphatic carbocycles. The van der Waals surface area contributed by atoms with Gasteiger partial charge in [-0.2, -0.15) is 0 Å². The van der Waals surface area contributed by atoms with Crippen LogP contribution < -0.4 is 0 Å². The van der Waals surface area contributed by atoms with Crippen molar-refractivity contribution in [3.8, 4) is 78.1 Å². The first-order valence-corrected chi connectivity index (χ1v) is 37.0. The molecule has 2 aromatic heterocycles. The van der Waals surface area contributed by atoms with Crippen LogP contribution in [0.15, 0.2) is 328 Å². The molecule has 0 aliphatic heterocycles. The Kier molecular flexibility index (Phi) is 12.6. The highest BCUT2D eigenvalue weighted by atomic mass is 15.0. The molecule has 2 heteroatoms. The molecule has 0 atom stereocenters. The largest absolute Gasteiger partial charge is 0.309 e. The normalized spacial score (nSPS) is 14.4. The number of fused-ring (bicyclic) bond motifs is 24. The molecule has 0 amide bonds. The predicted octanol–water partition coefficient (Wildman–Crippen LogP) is 26.8. The van der Waals surface area contributed by atoms with Crippen LogP contribution in [-0.4, -0.2) is 9.13 Å². The molecule has 0 saturated heterocycles. The molecule has 0 saturated carbocycles. The summed E-state index contributed by atoms with van der Waals surface area (Å²) in [5.41, 5.74) is 37.3. The van der Waals surface area contributed by atoms with Crippen LogP contribution in [0.3, 0.4) is 0 Å². The third-order valence-electron chi connectivity index (χ3n) is 24.5. The van der Waals surface area contributed by atoms with Crippen molar-refractivity contribution in [1.29, 1.82) is 0 Å². The fourth-order valence-electron chi connectivity index (χ4n) is 19.3. The molecule has 22 rings (SSSR count). The minimum absolute atomic E-state index is 0.204. The van der Waals surface area contributed by atoms with E-state index in [1.54, 1.807) is 0 Å². The van der Waals surface area contributed by atoms with Crippen molar-refractivity contribution in [3.63, 3.8) is 0 Å². The van der Waals surface area contributed by atoms with Gasteiger partial charge in [-0.05, 0) is 240 Å². The minimum atomic E-state index is -0.499. The molecule has 0 bridgehead atoms. The number of aromatic nitrogens is 2. The molecule has 4 aliphatic rings. The number of hydrogen-bond donors (Lipinski definition) is 0. The zero-order chi connectivity index (χ0) is 69.6. The lowest BCUT2D eigenvalue weighted by Gasteiger charge is -2.30. The van der Waals surface area contributed by atoms with E-state index in [0.717, 1.165) is 0 Å². The van der Waals surface area contributed by atoms with Crippen LogP contribution in [0, 0.1) is 0 Å². The van der Waals surface area contributed by atoms with Gasteiger partial charge >= 0.3 is 0 Å². The zero-order valence-electron chi connectivity index (χ0n) is 58.9. The summed E-state index contributed by atoms with van der Waals surface area (Å²) in [5.74, 6) is 0. The van der Waals surface area contributed by atoms with Gasteiger partial charge in [0.1, 0.15) is 0 Å². The summed E-state index contributed by atoms with van der Waals surface area (Å²) in [6.07, 6.45) is 9.33. The van der Waals surface area contributed by atoms with Gasteiger partial charge in [0.15, 0.2) is 0 Å². The van der Waals surface area contributed by atoms with Gasteiger partial charge < -0.3 is 9.13 Å². The minimum Gasteiger partial charge on any atom is -0.309 e. The van der Waals surface area contributed by atoms with E-state index in [2.05, 4.69) is 389 Å². The number of hydrogen-bond acceptors (Lipinski definition) is 0. The van der Waals surface area contributed by atoms with E-state index in [1.807, 2.05) is 0 Å². The van der Waals surface area contributed by atoms with E-state index in [-0.39, 0.29) is 10.8 Å². The van der Waals surface area contributed by atoms with Crippen molar-refractivity contribution in [2.45, 2.75) is 43.9 Å². The fourth-order valence-corrected chi connectivity index (χ4v) is 19.3. The molecule has 0 N–H and O–H groups in total. The zero-order valence-corrected chi connectivity index (χ0v) is 58.9. The molecule has 16 aromatic carbocycles. The first kappa shape index (κ1) is 59.8. The van der Waals surface area contributed by atoms with Gasteiger partial charge in [-0.25, -0.2) is 0 Å². The summed E-state index contributed by atoms with van der Waals surface area (Å²) < 4.78 is 4.85. The molecule has 0 unspecified atom stereocenters. The summed E-state index contributed by atoms with van der Waals surface area (Å²) in [5, 5.41) is 10.0. The van der Waals surface area contributed by atoms with Gasteiger partial charge in [0, 0.05) is 43.7 Å². The second kappa shape index (κ2) is 22.1. The molecular weight excluding hydrogens is 1270 g/mol. The van der Waals surface area contributed by atoms with E-state index in [4.69, 9.17) is 0 Å². The van der Waals surface area contributed by atoms with E-state index in [1.165, 1.54) is 210 Å². The Morgan fingerprint density at radius 2 is 0.514 bits per heavy atom. The maximum absolute atomic E-state index is 2.49. The maximum Gasteiger partial charge on any atom is 0.0725 e. The van der Waals surface area contributed by atoms with Gasteiger partial charge in [0.05, 0.1) is 27.5 Å². The van der Waals surface area contributed by atoms with Crippen LogP contribution in [0.2, 0.25) is 0 Å². The molecule has 2 heterocycles. The number of nitrogens with zero attached hydrogens (tertiary/aromatic N) is 2. The van der Waals surface area contributed by atoms with E-state index >= 15 is 0 Å². The fraction of sp³-hybridized carbons (Fsp3) is 0.0680. The standard InChI is InChI=1S/C103H70N2/c1-101(2)91-53-63(33-45-79(91)81-49-39-73(61-93(81)101)71-41-51-99-87(59-71)85-23-11-15-27-97(85)104(99)75-43-37-67-17-5-7-19-69(67)57-75)29-31-65-35-47-83-84-48-36-66(56-96(84)103(95(83)55-65)89-25-13-9-21-77(89)78-22-10-14-26-90(78)103)32-30-64-34-46-80-82-50-40-74(62-94(82)102(3,4)92(80)54-64)72-42-52-100-88(60-72)86-24-12-16-28-98(86)105(100)76-44-38-68-18-6-8-20-70(68)58-76/h5-62H,1-4H3. The number of benzene rings is 16. The second-order valence-corrected chi connectivity index (χ2v) is 30.7. The Morgan fingerprint density at radius 3 is 0.943 bits per heavy atom. The van der Waals surface area contributed by atoms with Gasteiger partial charge in [-0.15, -0.1) is 0 Å². The maximum atomic E-state index is 2.49. The van der Waals surface area contributed by atoms with Gasteiger partial charge in [0.25, 0.3) is 0 Å². The second-order valence-electron chi connectivity index (χ2n) is 30.7. The van der Waals surface area contributed by atoms with Crippen molar-refractivity contribution in [3.05, 3.63) is 394 Å². The van der Waals surface area contributed by atoms with E-state index in [9.17, 15) is 0 Å². The summed E-state index contributed by atoms with van der Waals surface area (Å²) in [6, 6.07) is 124. The molecule has 18 aromatic rings. The molecule has 0 radical (unpaired) electrons. The van der Waals surface area contributed by atoms with E-state index in [0.29, 0.717) is 0 Å². The van der Waals surface area contributed by atoms with Crippen LogP contribution in [0.4, 0.5) is 0 Å². The first-order valence-electron chi connectivity index (χ1n) is 37.0. The monoisotopic (exact) mass is 1330 g/mol. The summed E-state index contributed by atoms with van der Waals surface area (Å²) in [6.45, 7) is 9.62. The van der Waals surface area contributed by atoms with Crippen molar-refractivity contribution in [1.82, 2.24) is 9.13 Å². The third-order valence-corrected chi connectivity index (χ3v) is 24.5. The lowest BCUT2D eigenvalue weighted by atomic mass is 9.70. The average molecular weight is 1340 g/mol. The topological polar surface area (TPSA) is 9.86 Å². The van der Waals surface area contributed by atoms with Gasteiger partial charge in [0.2, 0.25) is 0 Å². The number of rotatable bonds is 8. The van der Waals surface area contributed by atoms with Crippen LogP contribution in [-0.2, 0) is 16.2 Å². The average Bonchev–Trinajstić information content (AvgIpc) is 1.51. The van der Waals surface area contributed by atoms with Gasteiger partial charge in [-0.3, -0.25) is 0 Å². The molecule has 1 spiro atoms. The Labute approximate surface area is 611 Å². The SMILES string of the molecule is CC1(C)c2cc(C=Cc3ccc4c(c3)C3(c5ccccc5-c5ccccc53)c3cc(C=Cc5ccc6c(c5)C(C)(C)c5cc(-c7ccc8c(c7)c7ccccc7n8-c7ccc8ccccc8c7)ccc5-6)ccc3-4)ccc2-c2ccc(-c3ccc4c(c3)c3ccccc3n4-c3ccc4ccccc4c3)cc21. The van der Waals surface area contributed by atoms with Crippen LogP contribution in [0.25, 0.3) is 168 Å². The number of para-hydroxylation sites is 2. The molecule has 105 heavy (non-hydrogen) atoms.